The fourth-order valence-corrected chi connectivity index (χ4v) is 0.728. The van der Waals surface area contributed by atoms with Crippen LogP contribution in [0.1, 0.15) is 19.3 Å². The molecule has 0 saturated heterocycles. The van der Waals surface area contributed by atoms with Crippen molar-refractivity contribution in [1.29, 1.82) is 5.26 Å². The van der Waals surface area contributed by atoms with E-state index in [9.17, 15) is 4.79 Å². The molecular weight excluding hydrogens is 166 g/mol. The third-order valence-corrected chi connectivity index (χ3v) is 1.44. The molecule has 0 aromatic carbocycles. The van der Waals surface area contributed by atoms with Gasteiger partial charge < -0.3 is 4.74 Å². The van der Waals surface area contributed by atoms with Gasteiger partial charge in [-0.25, -0.2) is 4.79 Å². The van der Waals surface area contributed by atoms with E-state index in [-0.39, 0.29) is 0 Å². The SMILES string of the molecule is C=CC(=O)OCCCCC(=C)C#N. The van der Waals surface area contributed by atoms with Crippen molar-refractivity contribution in [3.63, 3.8) is 0 Å². The van der Waals surface area contributed by atoms with Crippen LogP contribution in [0.5, 0.6) is 0 Å². The molecule has 0 unspecified atom stereocenters. The summed E-state index contributed by atoms with van der Waals surface area (Å²) in [6, 6.07) is 1.96. The Morgan fingerprint density at radius 3 is 2.77 bits per heavy atom. The van der Waals surface area contributed by atoms with Crippen LogP contribution in [-0.4, -0.2) is 12.6 Å². The average molecular weight is 179 g/mol. The maximum absolute atomic E-state index is 10.6. The Balaban J connectivity index is 3.28. The quantitative estimate of drug-likeness (QED) is 0.271. The van der Waals surface area contributed by atoms with Crippen LogP contribution >= 0.6 is 0 Å². The van der Waals surface area contributed by atoms with E-state index in [4.69, 9.17) is 10.00 Å². The minimum absolute atomic E-state index is 0.379. The minimum Gasteiger partial charge on any atom is -0.463 e. The molecule has 0 atom stereocenters. The number of hydrogen-bond donors (Lipinski definition) is 0. The number of allylic oxidation sites excluding steroid dienone is 1. The van der Waals surface area contributed by atoms with Crippen molar-refractivity contribution in [2.45, 2.75) is 19.3 Å². The number of ether oxygens (including phenoxy) is 1. The molecule has 0 radical (unpaired) electrons. The lowest BCUT2D eigenvalue weighted by molar-refractivity contribution is -0.137. The summed E-state index contributed by atoms with van der Waals surface area (Å²) in [7, 11) is 0. The van der Waals surface area contributed by atoms with E-state index in [0.717, 1.165) is 18.9 Å². The Labute approximate surface area is 78.3 Å². The van der Waals surface area contributed by atoms with Crippen molar-refractivity contribution < 1.29 is 9.53 Å². The predicted octanol–water partition coefficient (Wildman–Crippen LogP) is 1.97. The molecule has 0 saturated carbocycles. The van der Waals surface area contributed by atoms with Crippen LogP contribution in [0.25, 0.3) is 0 Å². The van der Waals surface area contributed by atoms with Crippen molar-refractivity contribution in [2.24, 2.45) is 0 Å². The molecule has 0 heterocycles. The summed E-state index contributed by atoms with van der Waals surface area (Å²) >= 11 is 0. The largest absolute Gasteiger partial charge is 0.463 e. The van der Waals surface area contributed by atoms with Gasteiger partial charge in [0.1, 0.15) is 0 Å². The lowest BCUT2D eigenvalue weighted by Crippen LogP contribution is -2.01. The van der Waals surface area contributed by atoms with E-state index in [1.807, 2.05) is 6.07 Å². The topological polar surface area (TPSA) is 50.1 Å². The fourth-order valence-electron chi connectivity index (χ4n) is 0.728. The molecule has 0 aromatic rings. The second-order valence-corrected chi connectivity index (χ2v) is 2.54. The van der Waals surface area contributed by atoms with Crippen molar-refractivity contribution in [3.05, 3.63) is 24.8 Å². The minimum atomic E-state index is -0.404. The van der Waals surface area contributed by atoms with Crippen LogP contribution in [0.3, 0.4) is 0 Å². The highest BCUT2D eigenvalue weighted by atomic mass is 16.5. The third kappa shape index (κ3) is 6.82. The number of rotatable bonds is 6. The Kier molecular flexibility index (Phi) is 6.26. The van der Waals surface area contributed by atoms with E-state index in [1.165, 1.54) is 0 Å². The number of carbonyl (C=O) groups excluding carboxylic acids is 1. The number of nitrogens with zero attached hydrogens (tertiary/aromatic N) is 1. The van der Waals surface area contributed by atoms with Gasteiger partial charge in [0.15, 0.2) is 0 Å². The lowest BCUT2D eigenvalue weighted by atomic mass is 10.1. The third-order valence-electron chi connectivity index (χ3n) is 1.44. The molecule has 0 N–H and O–H groups in total. The normalized spacial score (nSPS) is 8.54. The van der Waals surface area contributed by atoms with Crippen molar-refractivity contribution in [1.82, 2.24) is 0 Å². The summed E-state index contributed by atoms with van der Waals surface area (Å²) in [6.45, 7) is 7.18. The summed E-state index contributed by atoms with van der Waals surface area (Å²) in [5.74, 6) is -0.404. The van der Waals surface area contributed by atoms with E-state index in [2.05, 4.69) is 13.2 Å². The zero-order valence-electron chi connectivity index (χ0n) is 7.58. The van der Waals surface area contributed by atoms with E-state index < -0.39 is 5.97 Å². The average Bonchev–Trinajstić information content (AvgIpc) is 2.16. The molecule has 0 aliphatic rings. The molecule has 3 heteroatoms. The first kappa shape index (κ1) is 11.4. The zero-order chi connectivity index (χ0) is 10.1. The van der Waals surface area contributed by atoms with E-state index >= 15 is 0 Å². The second kappa shape index (κ2) is 7.11. The Morgan fingerprint density at radius 2 is 2.23 bits per heavy atom. The van der Waals surface area contributed by atoms with Gasteiger partial charge in [-0.05, 0) is 19.3 Å². The maximum Gasteiger partial charge on any atom is 0.330 e. The van der Waals surface area contributed by atoms with Gasteiger partial charge in [0.25, 0.3) is 0 Å². The van der Waals surface area contributed by atoms with E-state index in [0.29, 0.717) is 18.6 Å². The highest BCUT2D eigenvalue weighted by Crippen LogP contribution is 2.03. The summed E-state index contributed by atoms with van der Waals surface area (Å²) in [4.78, 5) is 10.6. The number of carbonyl (C=O) groups is 1. The number of hydrogen-bond acceptors (Lipinski definition) is 3. The molecule has 0 bridgehead atoms. The predicted molar refractivity (Wildman–Crippen MR) is 49.8 cm³/mol. The van der Waals surface area contributed by atoms with Crippen LogP contribution in [0.15, 0.2) is 24.8 Å². The highest BCUT2D eigenvalue weighted by molar-refractivity contribution is 5.81. The van der Waals surface area contributed by atoms with Crippen molar-refractivity contribution >= 4 is 5.97 Å². The second-order valence-electron chi connectivity index (χ2n) is 2.54. The van der Waals surface area contributed by atoms with Gasteiger partial charge in [-0.2, -0.15) is 5.26 Å². The van der Waals surface area contributed by atoms with Gasteiger partial charge in [0, 0.05) is 11.6 Å². The number of nitriles is 1. The zero-order valence-corrected chi connectivity index (χ0v) is 7.58. The van der Waals surface area contributed by atoms with Crippen molar-refractivity contribution in [3.8, 4) is 6.07 Å². The van der Waals surface area contributed by atoms with Gasteiger partial charge in [-0.1, -0.05) is 13.2 Å². The van der Waals surface area contributed by atoms with E-state index in [1.54, 1.807) is 0 Å². The molecule has 13 heavy (non-hydrogen) atoms. The molecular formula is C10H13NO2. The van der Waals surface area contributed by atoms with Gasteiger partial charge in [0.05, 0.1) is 12.7 Å². The summed E-state index contributed by atoms with van der Waals surface area (Å²) in [6.07, 6.45) is 3.37. The van der Waals surface area contributed by atoms with Crippen LogP contribution < -0.4 is 0 Å². The Morgan fingerprint density at radius 1 is 1.54 bits per heavy atom. The first-order chi connectivity index (χ1) is 6.20. The highest BCUT2D eigenvalue weighted by Gasteiger charge is 1.96. The fraction of sp³-hybridized carbons (Fsp3) is 0.400. The first-order valence-corrected chi connectivity index (χ1v) is 4.07. The first-order valence-electron chi connectivity index (χ1n) is 4.07. The van der Waals surface area contributed by atoms with Crippen molar-refractivity contribution in [2.75, 3.05) is 6.61 Å². The molecule has 0 amide bonds. The van der Waals surface area contributed by atoms with Crippen LogP contribution in [0.2, 0.25) is 0 Å². The molecule has 0 fully saturated rings. The van der Waals surface area contributed by atoms with Gasteiger partial charge in [0.2, 0.25) is 0 Å². The van der Waals surface area contributed by atoms with Gasteiger partial charge >= 0.3 is 5.97 Å². The number of unbranched alkanes of at least 4 members (excludes halogenated alkanes) is 1. The molecule has 0 aliphatic heterocycles. The Bertz CT molecular complexity index is 238. The van der Waals surface area contributed by atoms with Crippen LogP contribution in [0.4, 0.5) is 0 Å². The maximum atomic E-state index is 10.6. The summed E-state index contributed by atoms with van der Waals surface area (Å²) < 4.78 is 4.74. The smallest absolute Gasteiger partial charge is 0.330 e. The molecule has 0 spiro atoms. The Hall–Kier alpha value is -1.56. The van der Waals surface area contributed by atoms with Gasteiger partial charge in [-0.3, -0.25) is 0 Å². The molecule has 0 aliphatic carbocycles. The molecule has 0 aromatic heterocycles. The number of esters is 1. The molecule has 70 valence electrons. The lowest BCUT2D eigenvalue weighted by Gasteiger charge is -2.00. The summed E-state index contributed by atoms with van der Waals surface area (Å²) in [5.41, 5.74) is 0.565. The van der Waals surface area contributed by atoms with Crippen LogP contribution in [-0.2, 0) is 9.53 Å². The molecule has 3 nitrogen and oxygen atoms in total. The molecule has 0 rings (SSSR count). The van der Waals surface area contributed by atoms with Gasteiger partial charge in [-0.15, -0.1) is 0 Å². The van der Waals surface area contributed by atoms with Crippen LogP contribution in [0, 0.1) is 11.3 Å². The summed E-state index contributed by atoms with van der Waals surface area (Å²) in [5, 5.41) is 8.37. The monoisotopic (exact) mass is 179 g/mol. The standard InChI is InChI=1S/C10H13NO2/c1-3-10(12)13-7-5-4-6-9(2)8-11/h3H,1-2,4-7H2.